The van der Waals surface area contributed by atoms with Gasteiger partial charge in [0.05, 0.1) is 17.0 Å². The van der Waals surface area contributed by atoms with Crippen molar-refractivity contribution < 1.29 is 4.79 Å². The highest BCUT2D eigenvalue weighted by Gasteiger charge is 2.26. The highest BCUT2D eigenvalue weighted by Crippen LogP contribution is 2.37. The van der Waals surface area contributed by atoms with E-state index in [1.165, 1.54) is 18.2 Å². The van der Waals surface area contributed by atoms with Crippen LogP contribution in [0.1, 0.15) is 72.0 Å². The van der Waals surface area contributed by atoms with Crippen LogP contribution < -0.4 is 5.32 Å². The summed E-state index contributed by atoms with van der Waals surface area (Å²) >= 11 is 1.22. The molecule has 2 heterocycles. The lowest BCUT2D eigenvalue weighted by Gasteiger charge is -2.27. The minimum absolute atomic E-state index is 0.101. The van der Waals surface area contributed by atoms with E-state index < -0.39 is 0 Å². The van der Waals surface area contributed by atoms with Gasteiger partial charge in [0, 0.05) is 11.7 Å². The Balaban J connectivity index is 1.83. The fourth-order valence-corrected chi connectivity index (χ4v) is 4.97. The number of carbonyl (C=O) groups is 1. The molecule has 0 atom stereocenters. The molecule has 2 aromatic heterocycles. The Morgan fingerprint density at radius 1 is 1.10 bits per heavy atom. The van der Waals surface area contributed by atoms with Gasteiger partial charge in [-0.3, -0.25) is 4.79 Å². The minimum Gasteiger partial charge on any atom is -0.327 e. The number of nitriles is 2. The second-order valence-electron chi connectivity index (χ2n) is 7.69. The summed E-state index contributed by atoms with van der Waals surface area (Å²) in [5.41, 5.74) is 3.49. The van der Waals surface area contributed by atoms with Gasteiger partial charge >= 0.3 is 0 Å². The lowest BCUT2D eigenvalue weighted by Crippen LogP contribution is -2.22. The molecular formula is C22H26N6OS. The number of aryl methyl sites for hydroxylation is 2. The first-order valence-corrected chi connectivity index (χ1v) is 11.1. The third-order valence-corrected chi connectivity index (χ3v) is 6.66. The van der Waals surface area contributed by atoms with Gasteiger partial charge in [0.15, 0.2) is 0 Å². The highest BCUT2D eigenvalue weighted by molar-refractivity contribution is 8.00. The molecular weight excluding hydrogens is 396 g/mol. The van der Waals surface area contributed by atoms with E-state index in [2.05, 4.69) is 32.0 Å². The molecule has 0 spiro atoms. The van der Waals surface area contributed by atoms with Gasteiger partial charge < -0.3 is 9.88 Å². The largest absolute Gasteiger partial charge is 0.327 e. The summed E-state index contributed by atoms with van der Waals surface area (Å²) in [5, 5.41) is 22.6. The van der Waals surface area contributed by atoms with Crippen LogP contribution in [0.3, 0.4) is 0 Å². The van der Waals surface area contributed by atoms with Crippen LogP contribution in [0, 0.1) is 50.4 Å². The first-order valence-electron chi connectivity index (χ1n) is 10.2. The standard InChI is InChI=1S/C22H26N6OS/c1-13-15(3)28(17-8-6-5-7-9-17)21(18(13)10-23)27-20(29)12-30-22-19(11-24)14(2)25-16(4)26-22/h17H,5-9,12H2,1-4H3,(H,27,29). The van der Waals surface area contributed by atoms with Crippen molar-refractivity contribution >= 4 is 23.5 Å². The molecule has 0 aliphatic heterocycles. The summed E-state index contributed by atoms with van der Waals surface area (Å²) in [6, 6.07) is 4.70. The molecule has 3 rings (SSSR count). The van der Waals surface area contributed by atoms with Crippen LogP contribution in [-0.2, 0) is 4.79 Å². The molecule has 8 heteroatoms. The molecule has 0 unspecified atom stereocenters. The third-order valence-electron chi connectivity index (χ3n) is 5.69. The number of aromatic nitrogens is 3. The van der Waals surface area contributed by atoms with Gasteiger partial charge in [-0.1, -0.05) is 31.0 Å². The molecule has 1 fully saturated rings. The Bertz CT molecular complexity index is 1050. The number of hydrogen-bond acceptors (Lipinski definition) is 6. The quantitative estimate of drug-likeness (QED) is 0.562. The topological polar surface area (TPSA) is 107 Å². The Hall–Kier alpha value is -2.84. The lowest BCUT2D eigenvalue weighted by atomic mass is 9.95. The fourth-order valence-electron chi connectivity index (χ4n) is 4.10. The molecule has 0 radical (unpaired) electrons. The second-order valence-corrected chi connectivity index (χ2v) is 8.66. The summed E-state index contributed by atoms with van der Waals surface area (Å²) in [6.45, 7) is 7.48. The first-order chi connectivity index (χ1) is 14.4. The predicted octanol–water partition coefficient (Wildman–Crippen LogP) is 4.49. The molecule has 0 aromatic carbocycles. The Morgan fingerprint density at radius 3 is 2.40 bits per heavy atom. The molecule has 30 heavy (non-hydrogen) atoms. The number of rotatable bonds is 5. The molecule has 1 aliphatic rings. The third kappa shape index (κ3) is 4.34. The number of thioether (sulfide) groups is 1. The summed E-state index contributed by atoms with van der Waals surface area (Å²) in [6.07, 6.45) is 5.68. The Morgan fingerprint density at radius 2 is 1.77 bits per heavy atom. The van der Waals surface area contributed by atoms with Gasteiger partial charge in [-0.25, -0.2) is 9.97 Å². The van der Waals surface area contributed by atoms with Crippen molar-refractivity contribution in [2.45, 2.75) is 70.9 Å². The maximum atomic E-state index is 12.8. The maximum absolute atomic E-state index is 12.8. The number of amides is 1. The summed E-state index contributed by atoms with van der Waals surface area (Å²) in [5.74, 6) is 1.05. The van der Waals surface area contributed by atoms with Crippen molar-refractivity contribution in [3.05, 3.63) is 33.9 Å². The van der Waals surface area contributed by atoms with E-state index in [4.69, 9.17) is 0 Å². The van der Waals surface area contributed by atoms with Crippen LogP contribution in [0.15, 0.2) is 5.03 Å². The van der Waals surface area contributed by atoms with Crippen LogP contribution in [0.2, 0.25) is 0 Å². The molecule has 1 saturated carbocycles. The molecule has 1 N–H and O–H groups in total. The highest BCUT2D eigenvalue weighted by atomic mass is 32.2. The number of anilines is 1. The lowest BCUT2D eigenvalue weighted by molar-refractivity contribution is -0.113. The van der Waals surface area contributed by atoms with E-state index in [9.17, 15) is 15.3 Å². The van der Waals surface area contributed by atoms with Crippen LogP contribution >= 0.6 is 11.8 Å². The summed E-state index contributed by atoms with van der Waals surface area (Å²) in [4.78, 5) is 21.3. The normalized spacial score (nSPS) is 14.2. The van der Waals surface area contributed by atoms with Gasteiger partial charge in [0.1, 0.15) is 34.4 Å². The molecule has 7 nitrogen and oxygen atoms in total. The first kappa shape index (κ1) is 21.9. The van der Waals surface area contributed by atoms with Crippen molar-refractivity contribution in [1.29, 1.82) is 10.5 Å². The summed E-state index contributed by atoms with van der Waals surface area (Å²) < 4.78 is 2.15. The zero-order chi connectivity index (χ0) is 21.8. The van der Waals surface area contributed by atoms with Gasteiger partial charge in [0.25, 0.3) is 0 Å². The molecule has 0 bridgehead atoms. The monoisotopic (exact) mass is 422 g/mol. The Labute approximate surface area is 181 Å². The van der Waals surface area contributed by atoms with E-state index in [0.717, 1.165) is 36.9 Å². The summed E-state index contributed by atoms with van der Waals surface area (Å²) in [7, 11) is 0. The van der Waals surface area contributed by atoms with Gasteiger partial charge in [-0.2, -0.15) is 10.5 Å². The smallest absolute Gasteiger partial charge is 0.235 e. The number of nitrogens with one attached hydrogen (secondary N) is 1. The van der Waals surface area contributed by atoms with Crippen molar-refractivity contribution in [3.63, 3.8) is 0 Å². The van der Waals surface area contributed by atoms with E-state index in [1.54, 1.807) is 13.8 Å². The molecule has 156 valence electrons. The number of nitrogens with zero attached hydrogens (tertiary/aromatic N) is 5. The van der Waals surface area contributed by atoms with Crippen molar-refractivity contribution in [2.24, 2.45) is 0 Å². The van der Waals surface area contributed by atoms with E-state index in [1.807, 2.05) is 13.8 Å². The number of carbonyl (C=O) groups excluding carboxylic acids is 1. The van der Waals surface area contributed by atoms with E-state index in [-0.39, 0.29) is 11.7 Å². The molecule has 0 saturated heterocycles. The average molecular weight is 423 g/mol. The predicted molar refractivity (Wildman–Crippen MR) is 116 cm³/mol. The second kappa shape index (κ2) is 9.32. The van der Waals surface area contributed by atoms with Crippen molar-refractivity contribution in [3.8, 4) is 12.1 Å². The van der Waals surface area contributed by atoms with Crippen LogP contribution in [0.4, 0.5) is 5.82 Å². The van der Waals surface area contributed by atoms with Crippen LogP contribution in [-0.4, -0.2) is 26.2 Å². The fraction of sp³-hybridized carbons (Fsp3) is 0.500. The zero-order valence-corrected chi connectivity index (χ0v) is 18.7. The maximum Gasteiger partial charge on any atom is 0.235 e. The van der Waals surface area contributed by atoms with Gasteiger partial charge in [-0.05, 0) is 46.1 Å². The Kier molecular flexibility index (Phi) is 6.79. The van der Waals surface area contributed by atoms with Crippen molar-refractivity contribution in [2.75, 3.05) is 11.1 Å². The molecule has 2 aromatic rings. The van der Waals surface area contributed by atoms with Crippen molar-refractivity contribution in [1.82, 2.24) is 14.5 Å². The van der Waals surface area contributed by atoms with Gasteiger partial charge in [-0.15, -0.1) is 0 Å². The minimum atomic E-state index is -0.219. The van der Waals surface area contributed by atoms with Crippen LogP contribution in [0.5, 0.6) is 0 Å². The van der Waals surface area contributed by atoms with E-state index in [0.29, 0.717) is 39.5 Å². The van der Waals surface area contributed by atoms with Gasteiger partial charge in [0.2, 0.25) is 5.91 Å². The SMILES string of the molecule is Cc1nc(C)c(C#N)c(SCC(=O)Nc2c(C#N)c(C)c(C)n2C2CCCCC2)n1. The zero-order valence-electron chi connectivity index (χ0n) is 17.9. The van der Waals surface area contributed by atoms with E-state index >= 15 is 0 Å². The molecule has 1 amide bonds. The molecule has 1 aliphatic carbocycles. The number of hydrogen-bond donors (Lipinski definition) is 1. The van der Waals surface area contributed by atoms with Crippen LogP contribution in [0.25, 0.3) is 0 Å². The average Bonchev–Trinajstić information content (AvgIpc) is 2.96.